The molecule has 9 unspecified atom stereocenters. The number of fused-ring (bicyclic) bond motifs is 1. The SMILES string of the molecule is CCC(C)C(C(CC(=O)N1CCCC1C(OC)C(C)C(=O)NC(C)C(O)c1ccccc1)OC)N(C)C(=O)CNC(=O)C(C(C)C)N(C)C(=O)OCC(C)(C)SSc1nc2c(CCO)cccc2[nH]1. The summed E-state index contributed by atoms with van der Waals surface area (Å²) >= 11 is 0. The number of ether oxygens (including phenoxy) is 3. The molecule has 1 aliphatic rings. The number of para-hydroxylation sites is 1. The van der Waals surface area contributed by atoms with Crippen LogP contribution in [0.25, 0.3) is 11.0 Å². The van der Waals surface area contributed by atoms with E-state index in [0.29, 0.717) is 36.5 Å². The molecule has 1 fully saturated rings. The lowest BCUT2D eigenvalue weighted by molar-refractivity contribution is -0.146. The highest BCUT2D eigenvalue weighted by Crippen LogP contribution is 2.40. The molecule has 0 saturated carbocycles. The summed E-state index contributed by atoms with van der Waals surface area (Å²) in [7, 11) is 9.09. The molecular formula is C50H77N7O10S2. The molecule has 17 nitrogen and oxygen atoms in total. The Morgan fingerprint density at radius 3 is 2.29 bits per heavy atom. The zero-order valence-electron chi connectivity index (χ0n) is 42.5. The molecule has 2 heterocycles. The number of likely N-dealkylation sites (tertiary alicyclic amines) is 1. The van der Waals surface area contributed by atoms with Crippen molar-refractivity contribution in [2.75, 3.05) is 54.6 Å². The molecular weight excluding hydrogens is 923 g/mol. The van der Waals surface area contributed by atoms with E-state index in [4.69, 9.17) is 19.2 Å². The number of aromatic nitrogens is 2. The third-order valence-corrected chi connectivity index (χ3v) is 16.2. The summed E-state index contributed by atoms with van der Waals surface area (Å²) in [4.78, 5) is 81.4. The number of hydrogen-bond donors (Lipinski definition) is 5. The normalized spacial score (nSPS) is 17.6. The average Bonchev–Trinajstić information content (AvgIpc) is 4.00. The predicted octanol–water partition coefficient (Wildman–Crippen LogP) is 5.98. The highest BCUT2D eigenvalue weighted by Gasteiger charge is 2.42. The Morgan fingerprint density at radius 2 is 1.67 bits per heavy atom. The van der Waals surface area contributed by atoms with Crippen LogP contribution >= 0.6 is 21.6 Å². The lowest BCUT2D eigenvalue weighted by Gasteiger charge is -2.39. The molecule has 3 aromatic rings. The minimum Gasteiger partial charge on any atom is -0.448 e. The quantitative estimate of drug-likeness (QED) is 0.0586. The van der Waals surface area contributed by atoms with Gasteiger partial charge >= 0.3 is 6.09 Å². The number of H-pyrrole nitrogens is 1. The zero-order valence-corrected chi connectivity index (χ0v) is 44.2. The van der Waals surface area contributed by atoms with Crippen LogP contribution in [0, 0.1) is 17.8 Å². The van der Waals surface area contributed by atoms with Gasteiger partial charge in [0.2, 0.25) is 23.6 Å². The number of aliphatic hydroxyl groups is 2. The van der Waals surface area contributed by atoms with Crippen molar-refractivity contribution in [3.05, 3.63) is 59.7 Å². The highest BCUT2D eigenvalue weighted by molar-refractivity contribution is 8.77. The standard InChI is InChI=1S/C50H77N7O10S2/c1-13-31(4)43(38(65-11)27-39(59)57-25-18-23-37(57)45(66-12)32(5)46(62)52-33(6)44(61)35-19-15-14-16-20-35)55(9)40(60)28-51-47(63)42(30(2)3)56(10)49(64)67-29-50(7,8)69-68-48-53-36-22-17-21-34(24-26-58)41(36)54-48/h14-17,19-22,30-33,37-38,42-45,58,61H,13,18,23-29H2,1-12H3,(H,51,63)(H,52,62)(H,53,54). The van der Waals surface area contributed by atoms with E-state index in [1.165, 1.54) is 52.7 Å². The van der Waals surface area contributed by atoms with E-state index < -0.39 is 65.0 Å². The molecule has 0 aliphatic carbocycles. The summed E-state index contributed by atoms with van der Waals surface area (Å²) in [5.41, 5.74) is 3.32. The number of nitrogens with one attached hydrogen (secondary N) is 3. The molecule has 0 radical (unpaired) electrons. The topological polar surface area (TPSA) is 216 Å². The summed E-state index contributed by atoms with van der Waals surface area (Å²) < 4.78 is 17.1. The fourth-order valence-corrected chi connectivity index (χ4v) is 11.1. The van der Waals surface area contributed by atoms with Gasteiger partial charge in [-0.15, -0.1) is 0 Å². The number of carbonyl (C=O) groups excluding carboxylic acids is 5. The minimum absolute atomic E-state index is 0.0256. The first-order valence-corrected chi connectivity index (χ1v) is 26.1. The number of benzene rings is 2. The van der Waals surface area contributed by atoms with Crippen molar-refractivity contribution >= 4 is 62.3 Å². The van der Waals surface area contributed by atoms with Crippen molar-refractivity contribution in [3.8, 4) is 0 Å². The third kappa shape index (κ3) is 15.3. The zero-order chi connectivity index (χ0) is 51.2. The summed E-state index contributed by atoms with van der Waals surface area (Å²) in [6.07, 6.45) is -0.419. The van der Waals surface area contributed by atoms with Gasteiger partial charge in [0.1, 0.15) is 12.6 Å². The van der Waals surface area contributed by atoms with Crippen LogP contribution in [-0.4, -0.2) is 160 Å². The van der Waals surface area contributed by atoms with Gasteiger partial charge in [-0.3, -0.25) is 24.1 Å². The van der Waals surface area contributed by atoms with Crippen molar-refractivity contribution in [2.45, 2.75) is 140 Å². The van der Waals surface area contributed by atoms with Gasteiger partial charge in [0, 0.05) is 41.5 Å². The van der Waals surface area contributed by atoms with Gasteiger partial charge in [0.15, 0.2) is 5.16 Å². The van der Waals surface area contributed by atoms with Crippen molar-refractivity contribution in [1.82, 2.24) is 35.3 Å². The molecule has 9 atom stereocenters. The number of carbonyl (C=O) groups is 5. The number of likely N-dealkylation sites (N-methyl/N-ethyl adjacent to an activating group) is 2. The molecule has 1 saturated heterocycles. The fourth-order valence-electron chi connectivity index (χ4n) is 9.07. The van der Waals surface area contributed by atoms with Gasteiger partial charge in [-0.1, -0.05) is 94.3 Å². The van der Waals surface area contributed by atoms with Gasteiger partial charge in [0.25, 0.3) is 0 Å². The molecule has 69 heavy (non-hydrogen) atoms. The second kappa shape index (κ2) is 26.7. The Morgan fingerprint density at radius 1 is 0.971 bits per heavy atom. The Kier molecular flexibility index (Phi) is 22.1. The Labute approximate surface area is 416 Å². The summed E-state index contributed by atoms with van der Waals surface area (Å²) in [5, 5.41) is 26.7. The molecule has 0 bridgehead atoms. The number of methoxy groups -OCH3 is 2. The first kappa shape index (κ1) is 57.2. The maximum atomic E-state index is 14.2. The maximum Gasteiger partial charge on any atom is 0.410 e. The lowest BCUT2D eigenvalue weighted by atomic mass is 9.90. The van der Waals surface area contributed by atoms with E-state index in [9.17, 15) is 34.2 Å². The van der Waals surface area contributed by atoms with Crippen LogP contribution in [0.3, 0.4) is 0 Å². The van der Waals surface area contributed by atoms with Crippen LogP contribution in [0.1, 0.15) is 98.3 Å². The minimum atomic E-state index is -0.943. The summed E-state index contributed by atoms with van der Waals surface area (Å²) in [5.74, 6) is -2.47. The van der Waals surface area contributed by atoms with E-state index in [0.717, 1.165) is 23.0 Å². The molecule has 5 amide bonds. The van der Waals surface area contributed by atoms with Gasteiger partial charge in [0.05, 0.1) is 71.1 Å². The van der Waals surface area contributed by atoms with E-state index in [2.05, 4.69) is 15.6 Å². The monoisotopic (exact) mass is 1000 g/mol. The third-order valence-electron chi connectivity index (χ3n) is 13.2. The number of amides is 5. The first-order chi connectivity index (χ1) is 32.7. The second-order valence-electron chi connectivity index (χ2n) is 19.1. The van der Waals surface area contributed by atoms with Crippen molar-refractivity contribution in [3.63, 3.8) is 0 Å². The van der Waals surface area contributed by atoms with Crippen molar-refractivity contribution in [2.24, 2.45) is 17.8 Å². The van der Waals surface area contributed by atoms with Crippen molar-refractivity contribution < 1.29 is 48.4 Å². The van der Waals surface area contributed by atoms with Gasteiger partial charge in [-0.05, 0) is 79.9 Å². The number of rotatable bonds is 26. The van der Waals surface area contributed by atoms with Crippen LogP contribution < -0.4 is 10.6 Å². The van der Waals surface area contributed by atoms with Gasteiger partial charge in [-0.25, -0.2) is 9.78 Å². The number of imidazole rings is 1. The molecule has 4 rings (SSSR count). The maximum absolute atomic E-state index is 14.2. The Bertz CT molecular complexity index is 2140. The fraction of sp³-hybridized carbons (Fsp3) is 0.640. The second-order valence-corrected chi connectivity index (χ2v) is 22.0. The molecule has 1 aromatic heterocycles. The van der Waals surface area contributed by atoms with Crippen molar-refractivity contribution in [1.29, 1.82) is 0 Å². The largest absolute Gasteiger partial charge is 0.448 e. The van der Waals surface area contributed by atoms with Crippen LogP contribution in [0.15, 0.2) is 53.7 Å². The molecule has 384 valence electrons. The van der Waals surface area contributed by atoms with E-state index in [-0.39, 0.29) is 55.9 Å². The molecule has 2 aromatic carbocycles. The van der Waals surface area contributed by atoms with Gasteiger partial charge < -0.3 is 49.8 Å². The van der Waals surface area contributed by atoms with Crippen LogP contribution in [-0.2, 0) is 39.8 Å². The number of aliphatic hydroxyl groups excluding tert-OH is 2. The number of hydrogen-bond acceptors (Lipinski definition) is 13. The first-order valence-electron chi connectivity index (χ1n) is 23.9. The molecule has 1 aliphatic heterocycles. The van der Waals surface area contributed by atoms with Crippen LogP contribution in [0.5, 0.6) is 0 Å². The highest BCUT2D eigenvalue weighted by atomic mass is 33.1. The average molecular weight is 1000 g/mol. The number of nitrogens with zero attached hydrogens (tertiary/aromatic N) is 4. The Hall–Kier alpha value is -4.40. The van der Waals surface area contributed by atoms with E-state index in [1.807, 2.05) is 77.9 Å². The van der Waals surface area contributed by atoms with Crippen LogP contribution in [0.4, 0.5) is 4.79 Å². The Balaban J connectivity index is 1.34. The summed E-state index contributed by atoms with van der Waals surface area (Å²) in [6.45, 7) is 15.2. The van der Waals surface area contributed by atoms with Gasteiger partial charge in [-0.2, -0.15) is 0 Å². The summed E-state index contributed by atoms with van der Waals surface area (Å²) in [6, 6.07) is 12.5. The molecule has 5 N–H and O–H groups in total. The predicted molar refractivity (Wildman–Crippen MR) is 270 cm³/mol. The van der Waals surface area contributed by atoms with Crippen LogP contribution in [0.2, 0.25) is 0 Å². The van der Waals surface area contributed by atoms with E-state index in [1.54, 1.807) is 37.9 Å². The molecule has 0 spiro atoms. The lowest BCUT2D eigenvalue weighted by Crippen LogP contribution is -2.56. The van der Waals surface area contributed by atoms with E-state index >= 15 is 0 Å². The smallest absolute Gasteiger partial charge is 0.410 e. The molecule has 19 heteroatoms. The number of aromatic amines is 1.